The molecule has 1 aliphatic rings. The summed E-state index contributed by atoms with van der Waals surface area (Å²) in [5.74, 6) is -0.688. The average Bonchev–Trinajstić information content (AvgIpc) is 3.38. The molecule has 11 heteroatoms. The van der Waals surface area contributed by atoms with E-state index in [1.807, 2.05) is 0 Å². The molecule has 1 rings (SSSR count). The quantitative estimate of drug-likeness (QED) is 0.0272. The number of aliphatic hydroxyl groups is 7. The van der Waals surface area contributed by atoms with E-state index in [1.165, 1.54) is 238 Å². The Labute approximate surface area is 443 Å². The Kier molecular flexibility index (Phi) is 48.9. The van der Waals surface area contributed by atoms with Gasteiger partial charge in [0, 0.05) is 0 Å². The van der Waals surface area contributed by atoms with E-state index in [-0.39, 0.29) is 6.42 Å². The Morgan fingerprint density at radius 1 is 0.431 bits per heavy atom. The van der Waals surface area contributed by atoms with Gasteiger partial charge in [-0.15, -0.1) is 0 Å². The fourth-order valence-corrected chi connectivity index (χ4v) is 10.6. The van der Waals surface area contributed by atoms with Crippen LogP contribution in [0.25, 0.3) is 0 Å². The molecule has 0 aliphatic carbocycles. The molecule has 1 aliphatic heterocycles. The van der Waals surface area contributed by atoms with Crippen LogP contribution in [0.3, 0.4) is 0 Å². The summed E-state index contributed by atoms with van der Waals surface area (Å²) in [7, 11) is 0. The second kappa shape index (κ2) is 50.9. The molecule has 72 heavy (non-hydrogen) atoms. The van der Waals surface area contributed by atoms with Crippen LogP contribution in [0, 0.1) is 0 Å². The molecule has 11 nitrogen and oxygen atoms in total. The molecule has 0 bridgehead atoms. The van der Waals surface area contributed by atoms with Crippen molar-refractivity contribution < 1.29 is 50.0 Å². The smallest absolute Gasteiger partial charge is 0.249 e. The molecule has 9 atom stereocenters. The summed E-state index contributed by atoms with van der Waals surface area (Å²) in [4.78, 5) is 13.2. The fraction of sp³-hybridized carbons (Fsp3) is 0.984. The lowest BCUT2D eigenvalue weighted by Crippen LogP contribution is -2.60. The van der Waals surface area contributed by atoms with Crippen molar-refractivity contribution in [3.8, 4) is 0 Å². The van der Waals surface area contributed by atoms with Crippen LogP contribution < -0.4 is 5.32 Å². The first-order valence-electron chi connectivity index (χ1n) is 31.4. The number of nitrogens with one attached hydrogen (secondary N) is 1. The number of unbranched alkanes of at least 4 members (excludes halogenated alkanes) is 43. The predicted octanol–water partition coefficient (Wildman–Crippen LogP) is 13.7. The van der Waals surface area contributed by atoms with E-state index >= 15 is 0 Å². The van der Waals surface area contributed by atoms with Crippen LogP contribution in [0.15, 0.2) is 0 Å². The number of carbonyl (C=O) groups excluding carboxylic acids is 1. The molecule has 9 unspecified atom stereocenters. The third kappa shape index (κ3) is 38.6. The first-order chi connectivity index (χ1) is 35.2. The molecule has 0 aromatic heterocycles. The van der Waals surface area contributed by atoms with Gasteiger partial charge in [-0.1, -0.05) is 303 Å². The molecule has 0 radical (unpaired) electrons. The normalized spacial score (nSPS) is 19.9. The maximum atomic E-state index is 13.2. The number of hydrogen-bond acceptors (Lipinski definition) is 10. The molecule has 0 aromatic rings. The van der Waals surface area contributed by atoms with Crippen molar-refractivity contribution in [2.45, 2.75) is 371 Å². The maximum absolute atomic E-state index is 13.2. The third-order valence-corrected chi connectivity index (χ3v) is 15.7. The Hall–Kier alpha value is -0.890. The van der Waals surface area contributed by atoms with Crippen molar-refractivity contribution in [1.29, 1.82) is 0 Å². The highest BCUT2D eigenvalue weighted by molar-refractivity contribution is 5.80. The summed E-state index contributed by atoms with van der Waals surface area (Å²) in [6.07, 6.45) is 47.3. The van der Waals surface area contributed by atoms with Gasteiger partial charge in [-0.05, 0) is 12.8 Å². The minimum Gasteiger partial charge on any atom is -0.394 e. The van der Waals surface area contributed by atoms with Crippen molar-refractivity contribution in [3.63, 3.8) is 0 Å². The van der Waals surface area contributed by atoms with Crippen LogP contribution in [0.1, 0.15) is 316 Å². The molecule has 1 saturated heterocycles. The lowest BCUT2D eigenvalue weighted by molar-refractivity contribution is -0.303. The van der Waals surface area contributed by atoms with Crippen LogP contribution in [0.4, 0.5) is 0 Å². The van der Waals surface area contributed by atoms with Crippen molar-refractivity contribution in [3.05, 3.63) is 0 Å². The maximum Gasteiger partial charge on any atom is 0.249 e. The topological polar surface area (TPSA) is 189 Å². The highest BCUT2D eigenvalue weighted by Gasteiger charge is 2.44. The van der Waals surface area contributed by atoms with Crippen LogP contribution in [-0.2, 0) is 14.3 Å². The van der Waals surface area contributed by atoms with Crippen molar-refractivity contribution in [2.24, 2.45) is 0 Å². The Bertz CT molecular complexity index is 1130. The highest BCUT2D eigenvalue weighted by atomic mass is 16.7. The van der Waals surface area contributed by atoms with Crippen molar-refractivity contribution in [1.82, 2.24) is 5.32 Å². The standard InChI is InChI=1S/C61H121NO10/c1-3-5-7-9-11-13-15-17-19-21-23-25-26-27-29-30-32-34-36-38-40-42-44-46-48-53(64)56(66)52(51-71-61-59(69)58(68)57(67)55(50-63)72-61)62-60(70)54(65)49-47-45-43-41-39-37-35-33-31-28-24-22-20-18-16-14-12-10-8-6-4-2/h52-59,61,63-69H,3-51H2,1-2H3,(H,62,70). The number of aliphatic hydroxyl groups excluding tert-OH is 7. The molecular formula is C61H121NO10. The van der Waals surface area contributed by atoms with Gasteiger partial charge in [-0.2, -0.15) is 0 Å². The summed E-state index contributed by atoms with van der Waals surface area (Å²) < 4.78 is 11.2. The summed E-state index contributed by atoms with van der Waals surface area (Å²) in [5, 5.41) is 76.3. The predicted molar refractivity (Wildman–Crippen MR) is 298 cm³/mol. The number of rotatable bonds is 55. The Morgan fingerprint density at radius 3 is 1.03 bits per heavy atom. The van der Waals surface area contributed by atoms with Gasteiger partial charge in [0.25, 0.3) is 0 Å². The molecule has 1 heterocycles. The number of hydrogen-bond donors (Lipinski definition) is 8. The first kappa shape index (κ1) is 69.1. The molecule has 0 spiro atoms. The molecule has 1 amide bonds. The number of amides is 1. The minimum atomic E-state index is -1.66. The molecule has 8 N–H and O–H groups in total. The largest absolute Gasteiger partial charge is 0.394 e. The SMILES string of the molecule is CCCCCCCCCCCCCCCCCCCCCCCCCCC(O)C(O)C(COC1OC(CO)C(O)C(O)C1O)NC(=O)C(O)CCCCCCCCCCCCCCCCCCCCCCC. The van der Waals surface area contributed by atoms with Gasteiger partial charge in [-0.3, -0.25) is 4.79 Å². The van der Waals surface area contributed by atoms with Gasteiger partial charge in [-0.25, -0.2) is 0 Å². The second-order valence-electron chi connectivity index (χ2n) is 22.5. The molecular weight excluding hydrogens is 907 g/mol. The zero-order chi connectivity index (χ0) is 52.5. The minimum absolute atomic E-state index is 0.267. The van der Waals surface area contributed by atoms with E-state index in [2.05, 4.69) is 19.2 Å². The van der Waals surface area contributed by atoms with Crippen molar-refractivity contribution >= 4 is 5.91 Å². The lowest BCUT2D eigenvalue weighted by atomic mass is 9.98. The van der Waals surface area contributed by atoms with Gasteiger partial charge < -0.3 is 50.5 Å². The summed E-state index contributed by atoms with van der Waals surface area (Å²) >= 11 is 0. The third-order valence-electron chi connectivity index (χ3n) is 15.7. The van der Waals surface area contributed by atoms with Crippen LogP contribution >= 0.6 is 0 Å². The van der Waals surface area contributed by atoms with Crippen LogP contribution in [-0.4, -0.2) is 110 Å². The van der Waals surface area contributed by atoms with E-state index in [4.69, 9.17) is 9.47 Å². The van der Waals surface area contributed by atoms with Crippen molar-refractivity contribution in [2.75, 3.05) is 13.2 Å². The van der Waals surface area contributed by atoms with Crippen LogP contribution in [0.5, 0.6) is 0 Å². The number of carbonyl (C=O) groups is 1. The van der Waals surface area contributed by atoms with Gasteiger partial charge in [0.05, 0.1) is 25.4 Å². The Balaban J connectivity index is 2.26. The van der Waals surface area contributed by atoms with Gasteiger partial charge in [0.15, 0.2) is 6.29 Å². The summed E-state index contributed by atoms with van der Waals surface area (Å²) in [6.45, 7) is 3.51. The molecule has 0 aromatic carbocycles. The van der Waals surface area contributed by atoms with E-state index < -0.39 is 74.2 Å². The average molecular weight is 1030 g/mol. The van der Waals surface area contributed by atoms with Gasteiger partial charge in [0.1, 0.15) is 36.6 Å². The first-order valence-corrected chi connectivity index (χ1v) is 31.4. The summed E-state index contributed by atoms with van der Waals surface area (Å²) in [5.41, 5.74) is 0. The Morgan fingerprint density at radius 2 is 0.722 bits per heavy atom. The summed E-state index contributed by atoms with van der Waals surface area (Å²) in [6, 6.07) is -1.16. The van der Waals surface area contributed by atoms with Gasteiger partial charge in [0.2, 0.25) is 5.91 Å². The lowest BCUT2D eigenvalue weighted by Gasteiger charge is -2.40. The van der Waals surface area contributed by atoms with E-state index in [1.54, 1.807) is 0 Å². The van der Waals surface area contributed by atoms with Gasteiger partial charge >= 0.3 is 0 Å². The van der Waals surface area contributed by atoms with E-state index in [0.29, 0.717) is 19.3 Å². The number of ether oxygens (including phenoxy) is 2. The fourth-order valence-electron chi connectivity index (χ4n) is 10.6. The molecule has 430 valence electrons. The zero-order valence-electron chi connectivity index (χ0n) is 47.2. The van der Waals surface area contributed by atoms with E-state index in [9.17, 15) is 40.5 Å². The highest BCUT2D eigenvalue weighted by Crippen LogP contribution is 2.24. The second-order valence-corrected chi connectivity index (χ2v) is 22.5. The zero-order valence-corrected chi connectivity index (χ0v) is 47.2. The molecule has 0 saturated carbocycles. The van der Waals surface area contributed by atoms with E-state index in [0.717, 1.165) is 38.5 Å². The van der Waals surface area contributed by atoms with Crippen LogP contribution in [0.2, 0.25) is 0 Å². The monoisotopic (exact) mass is 1030 g/mol. The molecule has 1 fully saturated rings.